The van der Waals surface area contributed by atoms with Gasteiger partial charge in [-0.25, -0.2) is 0 Å². The van der Waals surface area contributed by atoms with E-state index in [1.807, 2.05) is 0 Å². The zero-order valence-electron chi connectivity index (χ0n) is 9.74. The molecular formula is C13H15ClO2S. The Bertz CT molecular complexity index is 414. The first kappa shape index (κ1) is 12.8. The van der Waals surface area contributed by atoms with Gasteiger partial charge in [0, 0.05) is 5.02 Å². The lowest BCUT2D eigenvalue weighted by molar-refractivity contribution is 0.0982. The number of carbonyl (C=O) groups excluding carboxylic acids is 1. The Hall–Kier alpha value is -0.670. The van der Waals surface area contributed by atoms with E-state index >= 15 is 0 Å². The SMILES string of the molecule is COc1cc(Cl)ccc1C(=O)C1CCCCS1. The molecule has 1 fully saturated rings. The predicted molar refractivity (Wildman–Crippen MR) is 72.4 cm³/mol. The summed E-state index contributed by atoms with van der Waals surface area (Å²) in [5, 5.41) is 0.675. The summed E-state index contributed by atoms with van der Waals surface area (Å²) in [6.45, 7) is 0. The molecular weight excluding hydrogens is 256 g/mol. The van der Waals surface area contributed by atoms with Gasteiger partial charge in [0.05, 0.1) is 17.9 Å². The van der Waals surface area contributed by atoms with Crippen LogP contribution in [0.1, 0.15) is 29.6 Å². The van der Waals surface area contributed by atoms with Crippen LogP contribution < -0.4 is 4.74 Å². The maximum Gasteiger partial charge on any atom is 0.179 e. The Labute approximate surface area is 111 Å². The van der Waals surface area contributed by atoms with Crippen LogP contribution in [0.4, 0.5) is 0 Å². The van der Waals surface area contributed by atoms with Crippen LogP contribution in [0, 0.1) is 0 Å². The average molecular weight is 271 g/mol. The van der Waals surface area contributed by atoms with Gasteiger partial charge in [0.1, 0.15) is 5.75 Å². The van der Waals surface area contributed by atoms with E-state index < -0.39 is 0 Å². The number of thioether (sulfide) groups is 1. The van der Waals surface area contributed by atoms with Crippen molar-refractivity contribution in [2.24, 2.45) is 0 Å². The number of halogens is 1. The molecule has 1 heterocycles. The summed E-state index contributed by atoms with van der Waals surface area (Å²) in [6.07, 6.45) is 3.32. The van der Waals surface area contributed by atoms with Crippen molar-refractivity contribution in [1.82, 2.24) is 0 Å². The average Bonchev–Trinajstić information content (AvgIpc) is 2.39. The highest BCUT2D eigenvalue weighted by Gasteiger charge is 2.25. The summed E-state index contributed by atoms with van der Waals surface area (Å²) < 4.78 is 5.22. The highest BCUT2D eigenvalue weighted by atomic mass is 35.5. The minimum absolute atomic E-state index is 0.0822. The highest BCUT2D eigenvalue weighted by molar-refractivity contribution is 8.00. The van der Waals surface area contributed by atoms with Crippen molar-refractivity contribution in [1.29, 1.82) is 0 Å². The third kappa shape index (κ3) is 2.96. The monoisotopic (exact) mass is 270 g/mol. The molecule has 2 nitrogen and oxygen atoms in total. The van der Waals surface area contributed by atoms with Crippen LogP contribution in [-0.4, -0.2) is 23.9 Å². The molecule has 0 spiro atoms. The van der Waals surface area contributed by atoms with Gasteiger partial charge in [0.25, 0.3) is 0 Å². The molecule has 0 aromatic heterocycles. The fourth-order valence-electron chi connectivity index (χ4n) is 1.99. The van der Waals surface area contributed by atoms with Crippen LogP contribution in [0.3, 0.4) is 0 Å². The van der Waals surface area contributed by atoms with Crippen molar-refractivity contribution in [2.75, 3.05) is 12.9 Å². The summed E-state index contributed by atoms with van der Waals surface area (Å²) in [4.78, 5) is 12.3. The van der Waals surface area contributed by atoms with E-state index in [0.717, 1.165) is 18.6 Å². The minimum Gasteiger partial charge on any atom is -0.496 e. The fourth-order valence-corrected chi connectivity index (χ4v) is 3.42. The fraction of sp³-hybridized carbons (Fsp3) is 0.462. The van der Waals surface area contributed by atoms with E-state index in [0.29, 0.717) is 16.3 Å². The molecule has 0 bridgehead atoms. The molecule has 1 saturated heterocycles. The number of rotatable bonds is 3. The number of Topliss-reactive ketones (excluding diaryl/α,β-unsaturated/α-hetero) is 1. The number of ether oxygens (including phenoxy) is 1. The summed E-state index contributed by atoms with van der Waals surface area (Å²) >= 11 is 7.64. The molecule has 1 aromatic rings. The molecule has 17 heavy (non-hydrogen) atoms. The largest absolute Gasteiger partial charge is 0.496 e. The quantitative estimate of drug-likeness (QED) is 0.781. The Morgan fingerprint density at radius 3 is 2.94 bits per heavy atom. The number of methoxy groups -OCH3 is 1. The normalized spacial score (nSPS) is 20.0. The van der Waals surface area contributed by atoms with Gasteiger partial charge in [-0.05, 0) is 36.8 Å². The molecule has 92 valence electrons. The van der Waals surface area contributed by atoms with E-state index in [1.54, 1.807) is 37.1 Å². The smallest absolute Gasteiger partial charge is 0.179 e. The van der Waals surface area contributed by atoms with E-state index in [9.17, 15) is 4.79 Å². The second-order valence-corrected chi connectivity index (χ2v) is 5.81. The van der Waals surface area contributed by atoms with E-state index in [2.05, 4.69) is 0 Å². The van der Waals surface area contributed by atoms with Gasteiger partial charge in [-0.2, -0.15) is 11.8 Å². The van der Waals surface area contributed by atoms with Crippen LogP contribution in [0.2, 0.25) is 5.02 Å². The standard InChI is InChI=1S/C13H15ClO2S/c1-16-11-8-9(14)5-6-10(11)13(15)12-4-2-3-7-17-12/h5-6,8,12H,2-4,7H2,1H3. The van der Waals surface area contributed by atoms with Crippen LogP contribution in [0.5, 0.6) is 5.75 Å². The van der Waals surface area contributed by atoms with Crippen molar-refractivity contribution >= 4 is 29.1 Å². The molecule has 0 saturated carbocycles. The van der Waals surface area contributed by atoms with Crippen LogP contribution in [0.15, 0.2) is 18.2 Å². The van der Waals surface area contributed by atoms with Crippen molar-refractivity contribution < 1.29 is 9.53 Å². The molecule has 1 aromatic carbocycles. The predicted octanol–water partition coefficient (Wildman–Crippen LogP) is 3.82. The van der Waals surface area contributed by atoms with Gasteiger partial charge < -0.3 is 4.74 Å². The number of ketones is 1. The highest BCUT2D eigenvalue weighted by Crippen LogP contribution is 2.31. The first-order chi connectivity index (χ1) is 8.22. The minimum atomic E-state index is 0.0822. The first-order valence-electron chi connectivity index (χ1n) is 5.71. The molecule has 1 aliphatic heterocycles. The molecule has 1 unspecified atom stereocenters. The summed E-state index contributed by atoms with van der Waals surface area (Å²) in [7, 11) is 1.57. The molecule has 1 aliphatic rings. The maximum atomic E-state index is 12.3. The Morgan fingerprint density at radius 1 is 1.47 bits per heavy atom. The molecule has 1 atom stereocenters. The molecule has 0 radical (unpaired) electrons. The van der Waals surface area contributed by atoms with Gasteiger partial charge in [-0.15, -0.1) is 0 Å². The maximum absolute atomic E-state index is 12.3. The Balaban J connectivity index is 2.23. The van der Waals surface area contributed by atoms with Crippen molar-refractivity contribution in [3.8, 4) is 5.75 Å². The third-order valence-electron chi connectivity index (χ3n) is 2.90. The second kappa shape index (κ2) is 5.78. The number of hydrogen-bond acceptors (Lipinski definition) is 3. The number of hydrogen-bond donors (Lipinski definition) is 0. The van der Waals surface area contributed by atoms with E-state index in [4.69, 9.17) is 16.3 Å². The van der Waals surface area contributed by atoms with Gasteiger partial charge in [-0.3, -0.25) is 4.79 Å². The molecule has 4 heteroatoms. The lowest BCUT2D eigenvalue weighted by Crippen LogP contribution is -2.21. The summed E-state index contributed by atoms with van der Waals surface area (Å²) in [5.41, 5.74) is 0.649. The molecule has 2 rings (SSSR count). The first-order valence-corrected chi connectivity index (χ1v) is 7.14. The van der Waals surface area contributed by atoms with Gasteiger partial charge in [0.2, 0.25) is 0 Å². The van der Waals surface area contributed by atoms with Gasteiger partial charge in [-0.1, -0.05) is 18.0 Å². The van der Waals surface area contributed by atoms with Gasteiger partial charge >= 0.3 is 0 Å². The topological polar surface area (TPSA) is 26.3 Å². The Morgan fingerprint density at radius 2 is 2.29 bits per heavy atom. The summed E-state index contributed by atoms with van der Waals surface area (Å²) in [6, 6.07) is 5.20. The zero-order valence-corrected chi connectivity index (χ0v) is 11.3. The van der Waals surface area contributed by atoms with Crippen molar-refractivity contribution in [3.05, 3.63) is 28.8 Å². The number of benzene rings is 1. The lowest BCUT2D eigenvalue weighted by Gasteiger charge is -2.20. The van der Waals surface area contributed by atoms with Crippen LogP contribution >= 0.6 is 23.4 Å². The lowest BCUT2D eigenvalue weighted by atomic mass is 10.0. The number of carbonyl (C=O) groups is 1. The van der Waals surface area contributed by atoms with Crippen molar-refractivity contribution in [3.63, 3.8) is 0 Å². The molecule has 0 N–H and O–H groups in total. The summed E-state index contributed by atoms with van der Waals surface area (Å²) in [5.74, 6) is 1.82. The van der Waals surface area contributed by atoms with E-state index in [-0.39, 0.29) is 11.0 Å². The van der Waals surface area contributed by atoms with Gasteiger partial charge in [0.15, 0.2) is 5.78 Å². The molecule has 0 aliphatic carbocycles. The molecule has 0 amide bonds. The van der Waals surface area contributed by atoms with Crippen LogP contribution in [-0.2, 0) is 0 Å². The zero-order chi connectivity index (χ0) is 12.3. The van der Waals surface area contributed by atoms with E-state index in [1.165, 1.54) is 6.42 Å². The van der Waals surface area contributed by atoms with Crippen molar-refractivity contribution in [2.45, 2.75) is 24.5 Å². The third-order valence-corrected chi connectivity index (χ3v) is 4.51. The van der Waals surface area contributed by atoms with Crippen LogP contribution in [0.25, 0.3) is 0 Å². The second-order valence-electron chi connectivity index (χ2n) is 4.06. The Kier molecular flexibility index (Phi) is 4.35.